The number of fused-ring (bicyclic) bond motifs is 1. The van der Waals surface area contributed by atoms with Gasteiger partial charge in [-0.05, 0) is 30.9 Å². The molecular weight excluding hydrogens is 194 g/mol. The number of hydrogen-bond donors (Lipinski definition) is 1. The lowest BCUT2D eigenvalue weighted by Crippen LogP contribution is -2.15. The second-order valence-electron chi connectivity index (χ2n) is 3.64. The highest BCUT2D eigenvalue weighted by Crippen LogP contribution is 2.32. The molecule has 2 nitrogen and oxygen atoms in total. The third-order valence-corrected chi connectivity index (χ3v) is 4.02. The molecule has 1 unspecified atom stereocenters. The van der Waals surface area contributed by atoms with Crippen molar-refractivity contribution in [1.29, 1.82) is 0 Å². The molecule has 0 amide bonds. The monoisotopic (exact) mass is 211 g/mol. The van der Waals surface area contributed by atoms with Crippen LogP contribution in [0, 0.1) is 0 Å². The van der Waals surface area contributed by atoms with Gasteiger partial charge in [0.25, 0.3) is 0 Å². The van der Waals surface area contributed by atoms with Crippen LogP contribution in [-0.4, -0.2) is 13.2 Å². The Morgan fingerprint density at radius 1 is 1.64 bits per heavy atom. The molecule has 3 heteroatoms. The van der Waals surface area contributed by atoms with E-state index in [0.29, 0.717) is 6.54 Å². The maximum atomic E-state index is 5.72. The molecule has 2 heterocycles. The molecular formula is C11H17NOS. The smallest absolute Gasteiger partial charge is 0.0957 e. The number of aryl methyl sites for hydroxylation is 2. The van der Waals surface area contributed by atoms with Gasteiger partial charge in [-0.15, -0.1) is 11.3 Å². The summed E-state index contributed by atoms with van der Waals surface area (Å²) in [6, 6.07) is 2.28. The van der Waals surface area contributed by atoms with E-state index in [1.807, 2.05) is 11.3 Å². The van der Waals surface area contributed by atoms with Gasteiger partial charge in [0.15, 0.2) is 0 Å². The second kappa shape index (κ2) is 4.43. The standard InChI is InChI=1S/C11H17NOS/c1-2-8-6-9-10(7-12)13-5-3-4-11(9)14-8/h6,10H,2-5,7,12H2,1H3. The largest absolute Gasteiger partial charge is 0.372 e. The second-order valence-corrected chi connectivity index (χ2v) is 4.86. The van der Waals surface area contributed by atoms with Crippen molar-refractivity contribution >= 4 is 11.3 Å². The zero-order chi connectivity index (χ0) is 9.97. The van der Waals surface area contributed by atoms with E-state index in [4.69, 9.17) is 10.5 Å². The molecule has 0 saturated heterocycles. The molecule has 78 valence electrons. The topological polar surface area (TPSA) is 35.2 Å². The fourth-order valence-corrected chi connectivity index (χ4v) is 3.09. The fourth-order valence-electron chi connectivity index (χ4n) is 1.89. The van der Waals surface area contributed by atoms with Crippen molar-refractivity contribution < 1.29 is 4.74 Å². The van der Waals surface area contributed by atoms with Crippen LogP contribution in [-0.2, 0) is 17.6 Å². The highest BCUT2D eigenvalue weighted by Gasteiger charge is 2.20. The Bertz CT molecular complexity index is 308. The lowest BCUT2D eigenvalue weighted by molar-refractivity contribution is 0.0627. The van der Waals surface area contributed by atoms with Gasteiger partial charge in [0.1, 0.15) is 0 Å². The Hall–Kier alpha value is -0.380. The molecule has 1 aromatic heterocycles. The molecule has 1 aromatic rings. The maximum absolute atomic E-state index is 5.72. The van der Waals surface area contributed by atoms with Gasteiger partial charge in [-0.1, -0.05) is 6.92 Å². The van der Waals surface area contributed by atoms with Gasteiger partial charge in [-0.2, -0.15) is 0 Å². The molecule has 0 aliphatic carbocycles. The molecule has 1 aliphatic rings. The Balaban J connectivity index is 2.32. The molecule has 14 heavy (non-hydrogen) atoms. The first-order chi connectivity index (χ1) is 6.85. The van der Waals surface area contributed by atoms with Crippen molar-refractivity contribution in [2.45, 2.75) is 32.3 Å². The van der Waals surface area contributed by atoms with Crippen LogP contribution in [0.4, 0.5) is 0 Å². The predicted octanol–water partition coefficient (Wildman–Crippen LogP) is 2.27. The summed E-state index contributed by atoms with van der Waals surface area (Å²) < 4.78 is 5.72. The molecule has 0 spiro atoms. The highest BCUT2D eigenvalue weighted by atomic mass is 32.1. The number of ether oxygens (including phenoxy) is 1. The van der Waals surface area contributed by atoms with E-state index in [-0.39, 0.29) is 6.10 Å². The molecule has 0 fully saturated rings. The summed E-state index contributed by atoms with van der Waals surface area (Å²) in [5.74, 6) is 0. The van der Waals surface area contributed by atoms with Gasteiger partial charge in [0.05, 0.1) is 6.10 Å². The Kier molecular flexibility index (Phi) is 3.21. The molecule has 0 aromatic carbocycles. The quantitative estimate of drug-likeness (QED) is 0.814. The minimum Gasteiger partial charge on any atom is -0.372 e. The lowest BCUT2D eigenvalue weighted by atomic mass is 10.1. The third kappa shape index (κ3) is 1.85. The normalized spacial score (nSPS) is 21.7. The van der Waals surface area contributed by atoms with E-state index < -0.39 is 0 Å². The minimum atomic E-state index is 0.143. The van der Waals surface area contributed by atoms with Crippen molar-refractivity contribution in [3.05, 3.63) is 21.4 Å². The Morgan fingerprint density at radius 2 is 2.50 bits per heavy atom. The summed E-state index contributed by atoms with van der Waals surface area (Å²) in [6.45, 7) is 3.65. The van der Waals surface area contributed by atoms with Crippen LogP contribution >= 0.6 is 11.3 Å². The van der Waals surface area contributed by atoms with Crippen LogP contribution in [0.2, 0.25) is 0 Å². The molecule has 0 bridgehead atoms. The Morgan fingerprint density at radius 3 is 3.21 bits per heavy atom. The number of hydrogen-bond acceptors (Lipinski definition) is 3. The van der Waals surface area contributed by atoms with Crippen molar-refractivity contribution in [3.63, 3.8) is 0 Å². The van der Waals surface area contributed by atoms with Crippen molar-refractivity contribution in [2.24, 2.45) is 5.73 Å². The average molecular weight is 211 g/mol. The first kappa shape index (κ1) is 10.1. The maximum Gasteiger partial charge on any atom is 0.0957 e. The molecule has 0 saturated carbocycles. The number of nitrogens with two attached hydrogens (primary N) is 1. The molecule has 1 atom stereocenters. The molecule has 0 radical (unpaired) electrons. The number of rotatable bonds is 2. The van der Waals surface area contributed by atoms with Crippen molar-refractivity contribution in [3.8, 4) is 0 Å². The van der Waals surface area contributed by atoms with E-state index in [1.165, 1.54) is 15.3 Å². The van der Waals surface area contributed by atoms with E-state index in [9.17, 15) is 0 Å². The summed E-state index contributed by atoms with van der Waals surface area (Å²) in [6.07, 6.45) is 3.56. The summed E-state index contributed by atoms with van der Waals surface area (Å²) in [5, 5.41) is 0. The number of thiophene rings is 1. The predicted molar refractivity (Wildman–Crippen MR) is 59.8 cm³/mol. The molecule has 1 aliphatic heterocycles. The van der Waals surface area contributed by atoms with Crippen molar-refractivity contribution in [1.82, 2.24) is 0 Å². The van der Waals surface area contributed by atoms with Crippen LogP contribution in [0.5, 0.6) is 0 Å². The zero-order valence-electron chi connectivity index (χ0n) is 8.58. The van der Waals surface area contributed by atoms with Gasteiger partial charge in [-0.3, -0.25) is 0 Å². The zero-order valence-corrected chi connectivity index (χ0v) is 9.40. The third-order valence-electron chi connectivity index (χ3n) is 2.67. The lowest BCUT2D eigenvalue weighted by Gasteiger charge is -2.12. The van der Waals surface area contributed by atoms with Gasteiger partial charge in [0.2, 0.25) is 0 Å². The Labute approximate surface area is 89.1 Å². The minimum absolute atomic E-state index is 0.143. The van der Waals surface area contributed by atoms with Gasteiger partial charge < -0.3 is 10.5 Å². The highest BCUT2D eigenvalue weighted by molar-refractivity contribution is 7.12. The van der Waals surface area contributed by atoms with Gasteiger partial charge >= 0.3 is 0 Å². The van der Waals surface area contributed by atoms with E-state index >= 15 is 0 Å². The summed E-state index contributed by atoms with van der Waals surface area (Å²) in [5.41, 5.74) is 7.07. The van der Waals surface area contributed by atoms with E-state index in [1.54, 1.807) is 0 Å². The van der Waals surface area contributed by atoms with Gasteiger partial charge in [0, 0.05) is 22.9 Å². The summed E-state index contributed by atoms with van der Waals surface area (Å²) in [4.78, 5) is 2.95. The molecule has 2 rings (SSSR count). The SMILES string of the molecule is CCc1cc2c(s1)CCCOC2CN. The summed E-state index contributed by atoms with van der Waals surface area (Å²) in [7, 11) is 0. The first-order valence-corrected chi connectivity index (χ1v) is 6.10. The van der Waals surface area contributed by atoms with E-state index in [0.717, 1.165) is 25.9 Å². The van der Waals surface area contributed by atoms with Crippen LogP contribution in [0.1, 0.15) is 34.8 Å². The van der Waals surface area contributed by atoms with Gasteiger partial charge in [-0.25, -0.2) is 0 Å². The van der Waals surface area contributed by atoms with Crippen LogP contribution in [0.25, 0.3) is 0 Å². The van der Waals surface area contributed by atoms with Crippen LogP contribution in [0.15, 0.2) is 6.07 Å². The van der Waals surface area contributed by atoms with Crippen molar-refractivity contribution in [2.75, 3.05) is 13.2 Å². The molecule has 2 N–H and O–H groups in total. The first-order valence-electron chi connectivity index (χ1n) is 5.28. The average Bonchev–Trinajstić information content (AvgIpc) is 2.53. The van der Waals surface area contributed by atoms with Crippen LogP contribution < -0.4 is 5.73 Å². The summed E-state index contributed by atoms with van der Waals surface area (Å²) >= 11 is 1.93. The van der Waals surface area contributed by atoms with Crippen LogP contribution in [0.3, 0.4) is 0 Å². The van der Waals surface area contributed by atoms with E-state index in [2.05, 4.69) is 13.0 Å². The fraction of sp³-hybridized carbons (Fsp3) is 0.636.